The highest BCUT2D eigenvalue weighted by molar-refractivity contribution is 8.00. The van der Waals surface area contributed by atoms with Crippen LogP contribution in [0.3, 0.4) is 0 Å². The van der Waals surface area contributed by atoms with Gasteiger partial charge in [-0.25, -0.2) is 0 Å². The Labute approximate surface area is 211 Å². The third kappa shape index (κ3) is 5.22. The molecule has 176 valence electrons. The van der Waals surface area contributed by atoms with E-state index in [1.807, 2.05) is 42.1 Å². The number of carbonyl (C=O) groups excluding carboxylic acids is 1. The molecule has 0 N–H and O–H groups in total. The quantitative estimate of drug-likeness (QED) is 0.187. The minimum Gasteiger partial charge on any atom is -0.340 e. The number of hydrogen-bond donors (Lipinski definition) is 0. The average Bonchev–Trinajstić information content (AvgIpc) is 2.90. The van der Waals surface area contributed by atoms with E-state index >= 15 is 0 Å². The van der Waals surface area contributed by atoms with Crippen LogP contribution in [0.5, 0.6) is 0 Å². The number of benzene rings is 3. The van der Waals surface area contributed by atoms with Crippen LogP contribution in [0.2, 0.25) is 0 Å². The van der Waals surface area contributed by atoms with Gasteiger partial charge in [0.2, 0.25) is 0 Å². The van der Waals surface area contributed by atoms with E-state index in [9.17, 15) is 4.79 Å². The predicted molar refractivity (Wildman–Crippen MR) is 145 cm³/mol. The molecule has 3 aromatic rings. The Bertz CT molecular complexity index is 1130. The molecule has 0 aromatic heterocycles. The van der Waals surface area contributed by atoms with Crippen LogP contribution in [-0.4, -0.2) is 43.1 Å². The summed E-state index contributed by atoms with van der Waals surface area (Å²) in [6.07, 6.45) is 6.45. The van der Waals surface area contributed by atoms with Crippen LogP contribution < -0.4 is 4.90 Å². The number of Topliss-reactive ketones (excluding diaryl/α,β-unsaturated/α-hetero) is 1. The first-order valence-corrected chi connectivity index (χ1v) is 14.3. The largest absolute Gasteiger partial charge is 0.340 e. The van der Waals surface area contributed by atoms with Crippen molar-refractivity contribution in [1.82, 2.24) is 4.90 Å². The maximum Gasteiger partial charge on any atom is 0.166 e. The van der Waals surface area contributed by atoms with Gasteiger partial charge in [-0.3, -0.25) is 4.79 Å². The molecule has 0 radical (unpaired) electrons. The molecule has 0 atom stereocenters. The first-order valence-electron chi connectivity index (χ1n) is 12.3. The van der Waals surface area contributed by atoms with Crippen molar-refractivity contribution in [1.29, 1.82) is 0 Å². The van der Waals surface area contributed by atoms with Gasteiger partial charge in [-0.2, -0.15) is 0 Å². The molecular weight excluding hydrogens is 456 g/mol. The topological polar surface area (TPSA) is 23.6 Å². The van der Waals surface area contributed by atoms with E-state index in [4.69, 9.17) is 0 Å². The van der Waals surface area contributed by atoms with Gasteiger partial charge in [0.1, 0.15) is 0 Å². The minimum absolute atomic E-state index is 0.183. The van der Waals surface area contributed by atoms with Crippen molar-refractivity contribution in [3.63, 3.8) is 0 Å². The van der Waals surface area contributed by atoms with Gasteiger partial charge in [-0.1, -0.05) is 54.2 Å². The van der Waals surface area contributed by atoms with Crippen LogP contribution in [0, 0.1) is 5.92 Å². The van der Waals surface area contributed by atoms with Crippen molar-refractivity contribution in [3.8, 4) is 0 Å². The summed E-state index contributed by atoms with van der Waals surface area (Å²) in [5.74, 6) is 0.508. The van der Waals surface area contributed by atoms with Crippen LogP contribution in [0.25, 0.3) is 0 Å². The van der Waals surface area contributed by atoms with Crippen LogP contribution in [0.4, 0.5) is 11.4 Å². The zero-order valence-electron chi connectivity index (χ0n) is 19.8. The zero-order chi connectivity index (χ0) is 23.3. The number of carbonyl (C=O) groups is 1. The van der Waals surface area contributed by atoms with Crippen LogP contribution >= 0.6 is 23.5 Å². The zero-order valence-corrected chi connectivity index (χ0v) is 21.4. The van der Waals surface area contributed by atoms with Crippen molar-refractivity contribution in [2.24, 2.45) is 5.92 Å². The molecule has 5 heteroatoms. The molecule has 2 heterocycles. The summed E-state index contributed by atoms with van der Waals surface area (Å²) in [5, 5.41) is 0. The molecule has 1 saturated heterocycles. The lowest BCUT2D eigenvalue weighted by Gasteiger charge is -2.34. The fourth-order valence-corrected chi connectivity index (χ4v) is 6.55. The highest BCUT2D eigenvalue weighted by Crippen LogP contribution is 2.48. The van der Waals surface area contributed by atoms with Crippen LogP contribution in [-0.2, 0) is 0 Å². The van der Waals surface area contributed by atoms with E-state index in [0.29, 0.717) is 5.78 Å². The Hall–Kier alpha value is -2.21. The van der Waals surface area contributed by atoms with Gasteiger partial charge in [0.05, 0.1) is 11.4 Å². The number of nitrogens with zero attached hydrogens (tertiary/aromatic N) is 2. The summed E-state index contributed by atoms with van der Waals surface area (Å²) in [7, 11) is 0. The van der Waals surface area contributed by atoms with Gasteiger partial charge < -0.3 is 9.80 Å². The summed E-state index contributed by atoms with van der Waals surface area (Å²) in [4.78, 5) is 21.8. The lowest BCUT2D eigenvalue weighted by Crippen LogP contribution is -2.37. The number of ketones is 1. The van der Waals surface area contributed by atoms with E-state index < -0.39 is 0 Å². The number of para-hydroxylation sites is 1. The summed E-state index contributed by atoms with van der Waals surface area (Å²) in [6.45, 7) is 4.22. The number of fused-ring (bicyclic) bond motifs is 2. The average molecular weight is 489 g/mol. The number of unbranched alkanes of at least 4 members (excludes halogenated alkanes) is 1. The molecule has 34 heavy (non-hydrogen) atoms. The number of likely N-dealkylation sites (tertiary alicyclic amines) is 1. The van der Waals surface area contributed by atoms with Crippen molar-refractivity contribution < 1.29 is 4.79 Å². The van der Waals surface area contributed by atoms with Crippen molar-refractivity contribution in [3.05, 3.63) is 78.4 Å². The number of hydrogen-bond acceptors (Lipinski definition) is 5. The fraction of sp³-hybridized carbons (Fsp3) is 0.345. The molecular formula is C29H32N2OS2. The molecule has 0 spiro atoms. The first kappa shape index (κ1) is 23.5. The predicted octanol–water partition coefficient (Wildman–Crippen LogP) is 7.39. The second-order valence-electron chi connectivity index (χ2n) is 9.11. The van der Waals surface area contributed by atoms with Gasteiger partial charge >= 0.3 is 0 Å². The Morgan fingerprint density at radius 1 is 0.882 bits per heavy atom. The lowest BCUT2D eigenvalue weighted by atomic mass is 9.89. The molecule has 0 saturated carbocycles. The third-order valence-corrected chi connectivity index (χ3v) is 8.81. The molecule has 0 bridgehead atoms. The molecule has 1 fully saturated rings. The second-order valence-corrected chi connectivity index (χ2v) is 11.1. The molecule has 0 aliphatic carbocycles. The number of thioether (sulfide) groups is 1. The summed E-state index contributed by atoms with van der Waals surface area (Å²) < 4.78 is 0. The molecule has 3 aromatic carbocycles. The smallest absolute Gasteiger partial charge is 0.166 e. The summed E-state index contributed by atoms with van der Waals surface area (Å²) in [6, 6.07) is 25.4. The third-order valence-electron chi connectivity index (χ3n) is 6.96. The number of anilines is 2. The van der Waals surface area contributed by atoms with Gasteiger partial charge in [-0.15, -0.1) is 11.8 Å². The monoisotopic (exact) mass is 488 g/mol. The van der Waals surface area contributed by atoms with Crippen molar-refractivity contribution in [2.45, 2.75) is 40.4 Å². The van der Waals surface area contributed by atoms with Crippen LogP contribution in [0.15, 0.2) is 87.5 Å². The van der Waals surface area contributed by atoms with Gasteiger partial charge in [0, 0.05) is 32.7 Å². The van der Waals surface area contributed by atoms with E-state index in [0.717, 1.165) is 51.0 Å². The lowest BCUT2D eigenvalue weighted by molar-refractivity contribution is 0.0839. The Balaban J connectivity index is 1.15. The highest BCUT2D eigenvalue weighted by Gasteiger charge is 2.26. The second kappa shape index (κ2) is 11.0. The Morgan fingerprint density at radius 3 is 2.38 bits per heavy atom. The van der Waals surface area contributed by atoms with Crippen molar-refractivity contribution in [2.75, 3.05) is 37.3 Å². The van der Waals surface area contributed by atoms with E-state index in [1.54, 1.807) is 11.8 Å². The SMILES string of the molecule is CSc1ccc2c(c1)N(CCCCN1CCC(C(=O)c3ccccc3)CC1)c1ccccc1S2. The van der Waals surface area contributed by atoms with E-state index in [-0.39, 0.29) is 5.92 Å². The maximum absolute atomic E-state index is 12.8. The minimum atomic E-state index is 0.183. The molecule has 2 aliphatic heterocycles. The van der Waals surface area contributed by atoms with Crippen LogP contribution in [0.1, 0.15) is 36.0 Å². The summed E-state index contributed by atoms with van der Waals surface area (Å²) >= 11 is 3.69. The van der Waals surface area contributed by atoms with Gasteiger partial charge in [0.15, 0.2) is 5.78 Å². The number of piperidine rings is 1. The Kier molecular flexibility index (Phi) is 7.63. The van der Waals surface area contributed by atoms with E-state index in [1.165, 1.54) is 32.5 Å². The van der Waals surface area contributed by atoms with Gasteiger partial charge in [-0.05, 0) is 81.9 Å². The molecule has 0 unspecified atom stereocenters. The molecule has 3 nitrogen and oxygen atoms in total. The molecule has 5 rings (SSSR count). The van der Waals surface area contributed by atoms with E-state index in [2.05, 4.69) is 58.5 Å². The maximum atomic E-state index is 12.8. The Morgan fingerprint density at radius 2 is 1.59 bits per heavy atom. The standard InChI is InChI=1S/C29H32N2OS2/c1-33-24-13-14-28-26(21-24)31(25-11-5-6-12-27(25)34-28)18-8-7-17-30-19-15-23(16-20-30)29(32)22-9-3-2-4-10-22/h2-6,9-14,21,23H,7-8,15-20H2,1H3. The fourth-order valence-electron chi connectivity index (χ4n) is 5.04. The molecule has 2 aliphatic rings. The summed E-state index contributed by atoms with van der Waals surface area (Å²) in [5.41, 5.74) is 3.54. The molecule has 0 amide bonds. The van der Waals surface area contributed by atoms with Crippen molar-refractivity contribution >= 4 is 40.7 Å². The first-order chi connectivity index (χ1) is 16.7. The normalized spacial score (nSPS) is 16.2. The van der Waals surface area contributed by atoms with Gasteiger partial charge in [0.25, 0.3) is 0 Å². The number of rotatable bonds is 8. The highest BCUT2D eigenvalue weighted by atomic mass is 32.2.